The molecule has 2 heterocycles. The van der Waals surface area contributed by atoms with Gasteiger partial charge >= 0.3 is 0 Å². The summed E-state index contributed by atoms with van der Waals surface area (Å²) in [6.45, 7) is 3.21. The third kappa shape index (κ3) is 2.81. The Morgan fingerprint density at radius 3 is 2.79 bits per heavy atom. The van der Waals surface area contributed by atoms with Crippen molar-refractivity contribution < 1.29 is 9.72 Å². The standard InChI is InChI=1S/C16H15N5O3/c1-10(16-19-18-15-5-3-4-8-20(15)16)17-13-7-6-12(11(2)22)9-14(13)21(23)24/h3-10,17H,1-2H3/t10-/m1/s1. The van der Waals surface area contributed by atoms with E-state index in [-0.39, 0.29) is 17.5 Å². The van der Waals surface area contributed by atoms with Crippen LogP contribution in [0, 0.1) is 10.1 Å². The van der Waals surface area contributed by atoms with Gasteiger partial charge in [-0.3, -0.25) is 19.3 Å². The van der Waals surface area contributed by atoms with Crippen molar-refractivity contribution in [1.29, 1.82) is 0 Å². The van der Waals surface area contributed by atoms with Crippen molar-refractivity contribution in [2.75, 3.05) is 5.32 Å². The molecule has 0 spiro atoms. The maximum atomic E-state index is 11.4. The molecular formula is C16H15N5O3. The summed E-state index contributed by atoms with van der Waals surface area (Å²) in [4.78, 5) is 22.2. The second-order valence-electron chi connectivity index (χ2n) is 5.40. The number of fused-ring (bicyclic) bond motifs is 1. The molecule has 8 nitrogen and oxygen atoms in total. The highest BCUT2D eigenvalue weighted by atomic mass is 16.6. The zero-order chi connectivity index (χ0) is 17.3. The van der Waals surface area contributed by atoms with Crippen LogP contribution in [0.25, 0.3) is 5.65 Å². The summed E-state index contributed by atoms with van der Waals surface area (Å²) in [7, 11) is 0. The number of pyridine rings is 1. The highest BCUT2D eigenvalue weighted by molar-refractivity contribution is 5.95. The predicted molar refractivity (Wildman–Crippen MR) is 88.1 cm³/mol. The average Bonchev–Trinajstić information content (AvgIpc) is 2.98. The summed E-state index contributed by atoms with van der Waals surface area (Å²) < 4.78 is 1.81. The van der Waals surface area contributed by atoms with E-state index in [1.807, 2.05) is 35.7 Å². The molecule has 1 aromatic carbocycles. The highest BCUT2D eigenvalue weighted by Gasteiger charge is 2.20. The first-order valence-corrected chi connectivity index (χ1v) is 7.33. The largest absolute Gasteiger partial charge is 0.370 e. The van der Waals surface area contributed by atoms with Gasteiger partial charge < -0.3 is 5.32 Å². The summed E-state index contributed by atoms with van der Waals surface area (Å²) >= 11 is 0. The van der Waals surface area contributed by atoms with Crippen LogP contribution in [-0.2, 0) is 0 Å². The van der Waals surface area contributed by atoms with Crippen molar-refractivity contribution in [3.63, 3.8) is 0 Å². The number of nitrogens with one attached hydrogen (secondary N) is 1. The maximum Gasteiger partial charge on any atom is 0.293 e. The molecule has 3 aromatic rings. The van der Waals surface area contributed by atoms with Crippen LogP contribution in [0.5, 0.6) is 0 Å². The molecular weight excluding hydrogens is 310 g/mol. The van der Waals surface area contributed by atoms with Crippen molar-refractivity contribution in [3.05, 3.63) is 64.1 Å². The predicted octanol–water partition coefficient (Wildman–Crippen LogP) is 3.01. The number of benzene rings is 1. The van der Waals surface area contributed by atoms with Gasteiger partial charge in [0.05, 0.1) is 11.0 Å². The molecule has 3 rings (SSSR count). The highest BCUT2D eigenvalue weighted by Crippen LogP contribution is 2.29. The second-order valence-corrected chi connectivity index (χ2v) is 5.40. The first kappa shape index (κ1) is 15.6. The van der Waals surface area contributed by atoms with Crippen molar-refractivity contribution in [2.45, 2.75) is 19.9 Å². The van der Waals surface area contributed by atoms with Gasteiger partial charge in [0.2, 0.25) is 0 Å². The second kappa shape index (κ2) is 6.07. The van der Waals surface area contributed by atoms with Gasteiger partial charge in [-0.25, -0.2) is 0 Å². The van der Waals surface area contributed by atoms with Crippen molar-refractivity contribution in [3.8, 4) is 0 Å². The Balaban J connectivity index is 1.95. The number of ketones is 1. The van der Waals surface area contributed by atoms with E-state index in [2.05, 4.69) is 15.5 Å². The Hall–Kier alpha value is -3.29. The van der Waals surface area contributed by atoms with Gasteiger partial charge in [0, 0.05) is 17.8 Å². The number of hydrogen-bond donors (Lipinski definition) is 1. The van der Waals surface area contributed by atoms with Crippen LogP contribution >= 0.6 is 0 Å². The number of carbonyl (C=O) groups excluding carboxylic acids is 1. The molecule has 0 saturated heterocycles. The summed E-state index contributed by atoms with van der Waals surface area (Å²) in [5.41, 5.74) is 1.17. The molecule has 0 aliphatic carbocycles. The van der Waals surface area contributed by atoms with E-state index >= 15 is 0 Å². The van der Waals surface area contributed by atoms with Crippen molar-refractivity contribution in [2.24, 2.45) is 0 Å². The molecule has 0 aliphatic rings. The van der Waals surface area contributed by atoms with E-state index in [1.54, 1.807) is 6.07 Å². The minimum atomic E-state index is -0.511. The number of anilines is 1. The van der Waals surface area contributed by atoms with Crippen LogP contribution in [0.4, 0.5) is 11.4 Å². The van der Waals surface area contributed by atoms with Gasteiger partial charge in [0.1, 0.15) is 5.69 Å². The quantitative estimate of drug-likeness (QED) is 0.439. The minimum absolute atomic E-state index is 0.150. The van der Waals surface area contributed by atoms with Crippen molar-refractivity contribution >= 4 is 22.8 Å². The van der Waals surface area contributed by atoms with Crippen LogP contribution < -0.4 is 5.32 Å². The number of nitro benzene ring substituents is 1. The molecule has 0 amide bonds. The normalized spacial score (nSPS) is 12.1. The molecule has 1 N–H and O–H groups in total. The topological polar surface area (TPSA) is 102 Å². The zero-order valence-corrected chi connectivity index (χ0v) is 13.1. The summed E-state index contributed by atoms with van der Waals surface area (Å²) in [6.07, 6.45) is 1.83. The molecule has 0 aliphatic heterocycles. The zero-order valence-electron chi connectivity index (χ0n) is 13.1. The molecule has 0 bridgehead atoms. The number of hydrogen-bond acceptors (Lipinski definition) is 6. The van der Waals surface area contributed by atoms with Gasteiger partial charge in [0.25, 0.3) is 5.69 Å². The Morgan fingerprint density at radius 1 is 1.29 bits per heavy atom. The molecule has 1 atom stereocenters. The lowest BCUT2D eigenvalue weighted by molar-refractivity contribution is -0.384. The van der Waals surface area contributed by atoms with E-state index in [0.717, 1.165) is 0 Å². The third-order valence-corrected chi connectivity index (χ3v) is 3.70. The monoisotopic (exact) mass is 325 g/mol. The van der Waals surface area contributed by atoms with Crippen LogP contribution in [0.2, 0.25) is 0 Å². The fourth-order valence-electron chi connectivity index (χ4n) is 2.48. The van der Waals surface area contributed by atoms with E-state index in [1.165, 1.54) is 19.1 Å². The van der Waals surface area contributed by atoms with E-state index in [9.17, 15) is 14.9 Å². The van der Waals surface area contributed by atoms with Gasteiger partial charge in [-0.15, -0.1) is 10.2 Å². The van der Waals surface area contributed by atoms with Crippen LogP contribution in [0.15, 0.2) is 42.6 Å². The Kier molecular flexibility index (Phi) is 3.95. The number of rotatable bonds is 5. The molecule has 2 aromatic heterocycles. The molecule has 0 fully saturated rings. The first-order valence-electron chi connectivity index (χ1n) is 7.33. The van der Waals surface area contributed by atoms with Crippen LogP contribution in [0.1, 0.15) is 36.1 Å². The number of Topliss-reactive ketones (excluding diaryl/α,β-unsaturated/α-hetero) is 1. The van der Waals surface area contributed by atoms with E-state index in [0.29, 0.717) is 22.7 Å². The minimum Gasteiger partial charge on any atom is -0.370 e. The van der Waals surface area contributed by atoms with Gasteiger partial charge in [0.15, 0.2) is 17.3 Å². The summed E-state index contributed by atoms with van der Waals surface area (Å²) in [6, 6.07) is 9.60. The Morgan fingerprint density at radius 2 is 2.08 bits per heavy atom. The molecule has 122 valence electrons. The Labute approximate surface area is 137 Å². The van der Waals surface area contributed by atoms with Crippen molar-refractivity contribution in [1.82, 2.24) is 14.6 Å². The molecule has 0 radical (unpaired) electrons. The molecule has 0 unspecified atom stereocenters. The summed E-state index contributed by atoms with van der Waals surface area (Å²) in [5, 5.41) is 22.6. The number of nitro groups is 1. The van der Waals surface area contributed by atoms with Crippen LogP contribution in [0.3, 0.4) is 0 Å². The lowest BCUT2D eigenvalue weighted by Crippen LogP contribution is -2.12. The fraction of sp³-hybridized carbons (Fsp3) is 0.188. The fourth-order valence-corrected chi connectivity index (χ4v) is 2.48. The molecule has 24 heavy (non-hydrogen) atoms. The van der Waals surface area contributed by atoms with Gasteiger partial charge in [-0.2, -0.15) is 0 Å². The van der Waals surface area contributed by atoms with E-state index < -0.39 is 4.92 Å². The molecule has 8 heteroatoms. The smallest absolute Gasteiger partial charge is 0.293 e. The maximum absolute atomic E-state index is 11.4. The number of carbonyl (C=O) groups is 1. The van der Waals surface area contributed by atoms with Gasteiger partial charge in [-0.05, 0) is 38.1 Å². The first-order chi connectivity index (χ1) is 11.5. The Bertz CT molecular complexity index is 934. The number of aromatic nitrogens is 3. The third-order valence-electron chi connectivity index (χ3n) is 3.70. The van der Waals surface area contributed by atoms with Crippen LogP contribution in [-0.4, -0.2) is 25.3 Å². The lowest BCUT2D eigenvalue weighted by atomic mass is 10.1. The number of nitrogens with zero attached hydrogens (tertiary/aromatic N) is 4. The SMILES string of the molecule is CC(=O)c1ccc(N[C@H](C)c2nnc3ccccn23)c([N+](=O)[O-])c1. The molecule has 0 saturated carbocycles. The summed E-state index contributed by atoms with van der Waals surface area (Å²) in [5.74, 6) is 0.414. The lowest BCUT2D eigenvalue weighted by Gasteiger charge is -2.14. The average molecular weight is 325 g/mol. The van der Waals surface area contributed by atoms with Gasteiger partial charge in [-0.1, -0.05) is 6.07 Å². The van der Waals surface area contributed by atoms with E-state index in [4.69, 9.17) is 0 Å².